The Balaban J connectivity index is 2.12. The molecule has 0 aromatic rings. The lowest BCUT2D eigenvalue weighted by Crippen LogP contribution is -2.40. The van der Waals surface area contributed by atoms with Gasteiger partial charge in [0.05, 0.1) is 0 Å². The van der Waals surface area contributed by atoms with Gasteiger partial charge in [-0.05, 0) is 49.2 Å². The highest BCUT2D eigenvalue weighted by Crippen LogP contribution is 2.25. The molecule has 0 saturated carbocycles. The minimum atomic E-state index is 0.0173. The normalized spacial score (nSPS) is 20.4. The minimum Gasteiger partial charge on any atom is -0.337 e. The van der Waals surface area contributed by atoms with E-state index in [0.717, 1.165) is 55.9 Å². The molecule has 0 radical (unpaired) electrons. The predicted molar refractivity (Wildman–Crippen MR) is 73.2 cm³/mol. The largest absolute Gasteiger partial charge is 0.337 e. The van der Waals surface area contributed by atoms with Gasteiger partial charge in [-0.3, -0.25) is 9.59 Å². The van der Waals surface area contributed by atoms with Crippen LogP contribution in [0, 0.1) is 0 Å². The summed E-state index contributed by atoms with van der Waals surface area (Å²) in [5.41, 5.74) is 1.67. The average Bonchev–Trinajstić information content (AvgIpc) is 2.46. The third-order valence-electron chi connectivity index (χ3n) is 3.51. The quantitative estimate of drug-likeness (QED) is 0.624. The van der Waals surface area contributed by atoms with Gasteiger partial charge in [0.2, 0.25) is 6.41 Å². The van der Waals surface area contributed by atoms with Gasteiger partial charge >= 0.3 is 0 Å². The molecule has 1 N–H and O–H groups in total. The monoisotopic (exact) mass is 268 g/mol. The van der Waals surface area contributed by atoms with Crippen LogP contribution in [0.15, 0.2) is 11.3 Å². The van der Waals surface area contributed by atoms with Crippen LogP contribution in [0.5, 0.6) is 0 Å². The maximum absolute atomic E-state index is 12.4. The molecule has 0 aromatic heterocycles. The molecule has 2 amide bonds. The summed E-state index contributed by atoms with van der Waals surface area (Å²) in [7, 11) is 0. The van der Waals surface area contributed by atoms with E-state index in [2.05, 4.69) is 5.32 Å². The molecular formula is C13H20N2O2S. The predicted octanol–water partition coefficient (Wildman–Crippen LogP) is 1.53. The van der Waals surface area contributed by atoms with Gasteiger partial charge in [0.15, 0.2) is 0 Å². The molecule has 5 heteroatoms. The van der Waals surface area contributed by atoms with E-state index in [1.54, 1.807) is 0 Å². The van der Waals surface area contributed by atoms with E-state index in [9.17, 15) is 9.59 Å². The van der Waals surface area contributed by atoms with Gasteiger partial charge in [-0.25, -0.2) is 0 Å². The Morgan fingerprint density at radius 2 is 1.83 bits per heavy atom. The number of carbonyl (C=O) groups excluding carboxylic acids is 2. The summed E-state index contributed by atoms with van der Waals surface area (Å²) in [6.07, 6.45) is 5.82. The van der Waals surface area contributed by atoms with E-state index in [4.69, 9.17) is 0 Å². The lowest BCUT2D eigenvalue weighted by molar-refractivity contribution is -0.129. The number of thioether (sulfide) groups is 1. The van der Waals surface area contributed by atoms with Crippen molar-refractivity contribution in [1.82, 2.24) is 10.2 Å². The number of piperidine rings is 1. The maximum Gasteiger partial charge on any atom is 0.270 e. The van der Waals surface area contributed by atoms with Crippen molar-refractivity contribution < 1.29 is 9.59 Å². The van der Waals surface area contributed by atoms with Crippen molar-refractivity contribution in [3.8, 4) is 0 Å². The SMILES string of the molecule is O=CNC(C(=O)N1CCCCC1)=C1CCSCC1. The molecule has 0 bridgehead atoms. The Morgan fingerprint density at radius 3 is 2.44 bits per heavy atom. The number of likely N-dealkylation sites (tertiary alicyclic amines) is 1. The van der Waals surface area contributed by atoms with Crippen molar-refractivity contribution in [2.45, 2.75) is 32.1 Å². The van der Waals surface area contributed by atoms with Crippen LogP contribution in [-0.2, 0) is 9.59 Å². The van der Waals surface area contributed by atoms with Gasteiger partial charge in [0.1, 0.15) is 5.70 Å². The first kappa shape index (κ1) is 13.5. The molecule has 0 aliphatic carbocycles. The molecule has 2 heterocycles. The van der Waals surface area contributed by atoms with Crippen LogP contribution in [0.3, 0.4) is 0 Å². The molecule has 4 nitrogen and oxygen atoms in total. The Morgan fingerprint density at radius 1 is 1.17 bits per heavy atom. The van der Waals surface area contributed by atoms with E-state index in [1.807, 2.05) is 16.7 Å². The van der Waals surface area contributed by atoms with Crippen molar-refractivity contribution in [2.24, 2.45) is 0 Å². The Labute approximate surface area is 112 Å². The highest BCUT2D eigenvalue weighted by molar-refractivity contribution is 7.99. The molecule has 2 fully saturated rings. The van der Waals surface area contributed by atoms with E-state index in [-0.39, 0.29) is 5.91 Å². The molecule has 0 aromatic carbocycles. The van der Waals surface area contributed by atoms with Crippen molar-refractivity contribution >= 4 is 24.1 Å². The fourth-order valence-corrected chi connectivity index (χ4v) is 3.48. The van der Waals surface area contributed by atoms with Gasteiger partial charge in [0.25, 0.3) is 5.91 Å². The number of hydrogen-bond donors (Lipinski definition) is 1. The minimum absolute atomic E-state index is 0.0173. The molecule has 2 saturated heterocycles. The molecule has 0 atom stereocenters. The lowest BCUT2D eigenvalue weighted by atomic mass is 10.1. The van der Waals surface area contributed by atoms with E-state index < -0.39 is 0 Å². The first-order chi connectivity index (χ1) is 8.83. The summed E-state index contributed by atoms with van der Waals surface area (Å²) in [4.78, 5) is 25.0. The van der Waals surface area contributed by atoms with Crippen LogP contribution in [0.1, 0.15) is 32.1 Å². The second kappa shape index (κ2) is 6.83. The van der Waals surface area contributed by atoms with E-state index >= 15 is 0 Å². The molecule has 2 aliphatic heterocycles. The Hall–Kier alpha value is -0.970. The van der Waals surface area contributed by atoms with Gasteiger partial charge in [-0.15, -0.1) is 0 Å². The van der Waals surface area contributed by atoms with Gasteiger partial charge in [-0.2, -0.15) is 11.8 Å². The number of carbonyl (C=O) groups is 2. The topological polar surface area (TPSA) is 49.4 Å². The van der Waals surface area contributed by atoms with E-state index in [0.29, 0.717) is 12.1 Å². The standard InChI is InChI=1S/C13H20N2O2S/c16-10-14-12(11-4-8-18-9-5-11)13(17)15-6-2-1-3-7-15/h10H,1-9H2,(H,14,16). The van der Waals surface area contributed by atoms with E-state index in [1.165, 1.54) is 6.42 Å². The zero-order chi connectivity index (χ0) is 12.8. The summed E-state index contributed by atoms with van der Waals surface area (Å²) < 4.78 is 0. The van der Waals surface area contributed by atoms with Crippen molar-refractivity contribution in [1.29, 1.82) is 0 Å². The summed E-state index contributed by atoms with van der Waals surface area (Å²) in [5, 5.41) is 2.65. The Bertz CT molecular complexity index is 341. The summed E-state index contributed by atoms with van der Waals surface area (Å²) in [6, 6.07) is 0. The maximum atomic E-state index is 12.4. The third kappa shape index (κ3) is 3.28. The molecule has 2 aliphatic rings. The van der Waals surface area contributed by atoms with Crippen LogP contribution < -0.4 is 5.32 Å². The smallest absolute Gasteiger partial charge is 0.270 e. The number of nitrogens with one attached hydrogen (secondary N) is 1. The summed E-state index contributed by atoms with van der Waals surface area (Å²) in [6.45, 7) is 1.65. The highest BCUT2D eigenvalue weighted by atomic mass is 32.2. The molecule has 100 valence electrons. The van der Waals surface area contributed by atoms with Gasteiger partial charge in [-0.1, -0.05) is 0 Å². The fraction of sp³-hybridized carbons (Fsp3) is 0.692. The zero-order valence-corrected chi connectivity index (χ0v) is 11.4. The van der Waals surface area contributed by atoms with Crippen LogP contribution >= 0.6 is 11.8 Å². The highest BCUT2D eigenvalue weighted by Gasteiger charge is 2.23. The molecule has 0 spiro atoms. The second-order valence-corrected chi connectivity index (χ2v) is 5.93. The third-order valence-corrected chi connectivity index (χ3v) is 4.50. The first-order valence-corrected chi connectivity index (χ1v) is 7.77. The lowest BCUT2D eigenvalue weighted by Gasteiger charge is -2.29. The summed E-state index contributed by atoms with van der Waals surface area (Å²) in [5.74, 6) is 2.11. The first-order valence-electron chi connectivity index (χ1n) is 6.62. The van der Waals surface area contributed by atoms with Crippen LogP contribution in [0.4, 0.5) is 0 Å². The van der Waals surface area contributed by atoms with Crippen LogP contribution in [0.25, 0.3) is 0 Å². The number of rotatable bonds is 3. The fourth-order valence-electron chi connectivity index (χ4n) is 2.50. The number of hydrogen-bond acceptors (Lipinski definition) is 3. The average molecular weight is 268 g/mol. The molecule has 2 rings (SSSR count). The van der Waals surface area contributed by atoms with Crippen LogP contribution in [0.2, 0.25) is 0 Å². The van der Waals surface area contributed by atoms with Crippen molar-refractivity contribution in [3.05, 3.63) is 11.3 Å². The van der Waals surface area contributed by atoms with Gasteiger partial charge in [0, 0.05) is 13.1 Å². The molecular weight excluding hydrogens is 248 g/mol. The molecule has 0 unspecified atom stereocenters. The Kier molecular flexibility index (Phi) is 5.11. The van der Waals surface area contributed by atoms with Crippen LogP contribution in [-0.4, -0.2) is 41.8 Å². The zero-order valence-electron chi connectivity index (χ0n) is 10.6. The second-order valence-electron chi connectivity index (χ2n) is 4.71. The number of allylic oxidation sites excluding steroid dienone is 1. The summed E-state index contributed by atoms with van der Waals surface area (Å²) >= 11 is 1.91. The van der Waals surface area contributed by atoms with Gasteiger partial charge < -0.3 is 10.2 Å². The number of amides is 2. The van der Waals surface area contributed by atoms with Crippen molar-refractivity contribution in [3.63, 3.8) is 0 Å². The number of nitrogens with zero attached hydrogens (tertiary/aromatic N) is 1. The molecule has 18 heavy (non-hydrogen) atoms. The van der Waals surface area contributed by atoms with Crippen molar-refractivity contribution in [2.75, 3.05) is 24.6 Å².